The van der Waals surface area contributed by atoms with E-state index in [2.05, 4.69) is 26.1 Å². The molecular formula is C15H22BrN3O. The van der Waals surface area contributed by atoms with Crippen molar-refractivity contribution in [1.82, 2.24) is 10.2 Å². The first kappa shape index (κ1) is 15.5. The Hall–Kier alpha value is -0.910. The summed E-state index contributed by atoms with van der Waals surface area (Å²) < 4.78 is 1.01. The summed E-state index contributed by atoms with van der Waals surface area (Å²) in [7, 11) is 0. The van der Waals surface area contributed by atoms with Crippen LogP contribution in [0.2, 0.25) is 0 Å². The van der Waals surface area contributed by atoms with E-state index >= 15 is 0 Å². The molecule has 1 aliphatic rings. The van der Waals surface area contributed by atoms with Gasteiger partial charge < -0.3 is 11.1 Å². The topological polar surface area (TPSA) is 58.4 Å². The van der Waals surface area contributed by atoms with Gasteiger partial charge in [0.15, 0.2) is 0 Å². The number of benzene rings is 1. The van der Waals surface area contributed by atoms with Crippen LogP contribution in [0.1, 0.15) is 25.3 Å². The molecule has 20 heavy (non-hydrogen) atoms. The van der Waals surface area contributed by atoms with Crippen LogP contribution in [0.4, 0.5) is 0 Å². The summed E-state index contributed by atoms with van der Waals surface area (Å²) in [6.07, 6.45) is 1.72. The van der Waals surface area contributed by atoms with Crippen molar-refractivity contribution in [2.75, 3.05) is 26.2 Å². The molecule has 0 bridgehead atoms. The number of hydrogen-bond acceptors (Lipinski definition) is 3. The molecule has 1 heterocycles. The monoisotopic (exact) mass is 339 g/mol. The maximum absolute atomic E-state index is 12.3. The second-order valence-electron chi connectivity index (χ2n) is 5.18. The third-order valence-corrected chi connectivity index (χ3v) is 4.65. The first-order chi connectivity index (χ1) is 9.61. The van der Waals surface area contributed by atoms with Crippen LogP contribution in [-0.2, 0) is 10.3 Å². The summed E-state index contributed by atoms with van der Waals surface area (Å²) in [4.78, 5) is 14.5. The number of carbonyl (C=O) groups is 1. The molecule has 4 nitrogen and oxygen atoms in total. The number of halogens is 1. The van der Waals surface area contributed by atoms with E-state index in [-0.39, 0.29) is 5.91 Å². The van der Waals surface area contributed by atoms with Gasteiger partial charge in [-0.2, -0.15) is 0 Å². The lowest BCUT2D eigenvalue weighted by Gasteiger charge is -2.41. The molecule has 0 aliphatic carbocycles. The van der Waals surface area contributed by atoms with Crippen LogP contribution >= 0.6 is 15.9 Å². The molecule has 0 saturated carbocycles. The molecular weight excluding hydrogens is 318 g/mol. The van der Waals surface area contributed by atoms with Gasteiger partial charge in [0.25, 0.3) is 0 Å². The third-order valence-electron chi connectivity index (χ3n) is 4.12. The van der Waals surface area contributed by atoms with Crippen LogP contribution in [0.3, 0.4) is 0 Å². The van der Waals surface area contributed by atoms with Crippen LogP contribution < -0.4 is 11.1 Å². The van der Waals surface area contributed by atoms with E-state index in [9.17, 15) is 4.79 Å². The Labute approximate surface area is 128 Å². The SMILES string of the molecule is CCC(C(N)=O)(c1ccc(Br)cc1)N1CCCNCC1. The molecule has 110 valence electrons. The van der Waals surface area contributed by atoms with Crippen molar-refractivity contribution in [3.05, 3.63) is 34.3 Å². The molecule has 2 rings (SSSR count). The quantitative estimate of drug-likeness (QED) is 0.879. The molecule has 5 heteroatoms. The Morgan fingerprint density at radius 2 is 2.05 bits per heavy atom. The largest absolute Gasteiger partial charge is 0.368 e. The van der Waals surface area contributed by atoms with Gasteiger partial charge in [0.2, 0.25) is 5.91 Å². The number of rotatable bonds is 4. The lowest BCUT2D eigenvalue weighted by molar-refractivity contribution is -0.131. The molecule has 0 radical (unpaired) electrons. The highest BCUT2D eigenvalue weighted by molar-refractivity contribution is 9.10. The van der Waals surface area contributed by atoms with Gasteiger partial charge in [-0.1, -0.05) is 35.0 Å². The van der Waals surface area contributed by atoms with Crippen LogP contribution in [0.25, 0.3) is 0 Å². The lowest BCUT2D eigenvalue weighted by Crippen LogP contribution is -2.55. The van der Waals surface area contributed by atoms with Crippen LogP contribution in [0.15, 0.2) is 28.7 Å². The summed E-state index contributed by atoms with van der Waals surface area (Å²) in [5.41, 5.74) is 6.10. The molecule has 1 aromatic rings. The van der Waals surface area contributed by atoms with Gasteiger partial charge in [-0.15, -0.1) is 0 Å². The van der Waals surface area contributed by atoms with Crippen molar-refractivity contribution in [1.29, 1.82) is 0 Å². The molecule has 1 amide bonds. The first-order valence-corrected chi connectivity index (χ1v) is 7.92. The summed E-state index contributed by atoms with van der Waals surface area (Å²) in [5.74, 6) is -0.260. The molecule has 3 N–H and O–H groups in total. The maximum Gasteiger partial charge on any atom is 0.242 e. The summed E-state index contributed by atoms with van der Waals surface area (Å²) in [6, 6.07) is 7.94. The fourth-order valence-electron chi connectivity index (χ4n) is 3.04. The number of hydrogen-bond donors (Lipinski definition) is 2. The van der Waals surface area contributed by atoms with Crippen molar-refractivity contribution in [2.24, 2.45) is 5.73 Å². The molecule has 1 saturated heterocycles. The Bertz CT molecular complexity index is 455. The minimum absolute atomic E-state index is 0.260. The molecule has 0 spiro atoms. The van der Waals surface area contributed by atoms with Crippen molar-refractivity contribution in [2.45, 2.75) is 25.3 Å². The van der Waals surface area contributed by atoms with E-state index < -0.39 is 5.54 Å². The van der Waals surface area contributed by atoms with Crippen LogP contribution in [0, 0.1) is 0 Å². The number of carbonyl (C=O) groups excluding carboxylic acids is 1. The van der Waals surface area contributed by atoms with Gasteiger partial charge >= 0.3 is 0 Å². The average Bonchev–Trinajstić information content (AvgIpc) is 2.71. The zero-order valence-electron chi connectivity index (χ0n) is 11.9. The minimum atomic E-state index is -0.702. The number of primary amides is 1. The van der Waals surface area contributed by atoms with Crippen molar-refractivity contribution in [3.63, 3.8) is 0 Å². The zero-order chi connectivity index (χ0) is 14.6. The molecule has 1 atom stereocenters. The third kappa shape index (κ3) is 2.90. The van der Waals surface area contributed by atoms with Gasteiger partial charge in [-0.3, -0.25) is 9.69 Å². The molecule has 1 unspecified atom stereocenters. The number of nitrogens with zero attached hydrogens (tertiary/aromatic N) is 1. The Balaban J connectivity index is 2.43. The zero-order valence-corrected chi connectivity index (χ0v) is 13.4. The standard InChI is InChI=1S/C15H22BrN3O/c1-2-15(14(17)20,12-4-6-13(16)7-5-12)19-10-3-8-18-9-11-19/h4-7,18H,2-3,8-11H2,1H3,(H2,17,20). The Morgan fingerprint density at radius 1 is 1.35 bits per heavy atom. The minimum Gasteiger partial charge on any atom is -0.368 e. The molecule has 1 aliphatic heterocycles. The highest BCUT2D eigenvalue weighted by atomic mass is 79.9. The van der Waals surface area contributed by atoms with Gasteiger partial charge in [-0.05, 0) is 37.1 Å². The number of nitrogens with one attached hydrogen (secondary N) is 1. The molecule has 1 fully saturated rings. The molecule has 1 aromatic carbocycles. The fraction of sp³-hybridized carbons (Fsp3) is 0.533. The van der Waals surface area contributed by atoms with Crippen molar-refractivity contribution >= 4 is 21.8 Å². The van der Waals surface area contributed by atoms with Crippen molar-refractivity contribution < 1.29 is 4.79 Å². The smallest absolute Gasteiger partial charge is 0.242 e. The number of amides is 1. The predicted molar refractivity (Wildman–Crippen MR) is 84.4 cm³/mol. The lowest BCUT2D eigenvalue weighted by atomic mass is 9.84. The van der Waals surface area contributed by atoms with Gasteiger partial charge in [-0.25, -0.2) is 0 Å². The van der Waals surface area contributed by atoms with E-state index in [0.29, 0.717) is 6.42 Å². The van der Waals surface area contributed by atoms with E-state index in [1.807, 2.05) is 31.2 Å². The second-order valence-corrected chi connectivity index (χ2v) is 6.09. The normalized spacial score (nSPS) is 20.1. The predicted octanol–water partition coefficient (Wildman–Crippen LogP) is 1.84. The average molecular weight is 340 g/mol. The van der Waals surface area contributed by atoms with E-state index in [0.717, 1.165) is 42.6 Å². The Morgan fingerprint density at radius 3 is 2.65 bits per heavy atom. The first-order valence-electron chi connectivity index (χ1n) is 7.13. The van der Waals surface area contributed by atoms with E-state index in [4.69, 9.17) is 5.73 Å². The van der Waals surface area contributed by atoms with Gasteiger partial charge in [0, 0.05) is 24.1 Å². The van der Waals surface area contributed by atoms with Crippen LogP contribution in [-0.4, -0.2) is 37.0 Å². The summed E-state index contributed by atoms with van der Waals surface area (Å²) in [6.45, 7) is 5.65. The van der Waals surface area contributed by atoms with Crippen LogP contribution in [0.5, 0.6) is 0 Å². The Kier molecular flexibility index (Phi) is 5.18. The number of nitrogens with two attached hydrogens (primary N) is 1. The fourth-order valence-corrected chi connectivity index (χ4v) is 3.30. The van der Waals surface area contributed by atoms with Crippen molar-refractivity contribution in [3.8, 4) is 0 Å². The second kappa shape index (κ2) is 6.70. The van der Waals surface area contributed by atoms with E-state index in [1.54, 1.807) is 0 Å². The summed E-state index contributed by atoms with van der Waals surface area (Å²) in [5, 5.41) is 3.37. The summed E-state index contributed by atoms with van der Waals surface area (Å²) >= 11 is 3.44. The van der Waals surface area contributed by atoms with Gasteiger partial charge in [0.1, 0.15) is 5.54 Å². The highest BCUT2D eigenvalue weighted by Crippen LogP contribution is 2.33. The van der Waals surface area contributed by atoms with E-state index in [1.165, 1.54) is 0 Å². The van der Waals surface area contributed by atoms with Gasteiger partial charge in [0.05, 0.1) is 0 Å². The maximum atomic E-state index is 12.3. The highest BCUT2D eigenvalue weighted by Gasteiger charge is 2.42. The molecule has 0 aromatic heterocycles.